The van der Waals surface area contributed by atoms with Crippen LogP contribution < -0.4 is 15.1 Å². The summed E-state index contributed by atoms with van der Waals surface area (Å²) in [6, 6.07) is 14.8. The Hall–Kier alpha value is -2.65. The van der Waals surface area contributed by atoms with Crippen LogP contribution in [-0.4, -0.2) is 65.5 Å². The number of nitrogens with one attached hydrogen (secondary N) is 1. The van der Waals surface area contributed by atoms with Crippen molar-refractivity contribution in [3.63, 3.8) is 0 Å². The summed E-state index contributed by atoms with van der Waals surface area (Å²) >= 11 is 13.1. The van der Waals surface area contributed by atoms with Crippen LogP contribution in [-0.2, 0) is 11.3 Å². The van der Waals surface area contributed by atoms with E-state index in [2.05, 4.69) is 82.6 Å². The third-order valence-electron chi connectivity index (χ3n) is 9.41. The largest absolute Gasteiger partial charge is 0.379 e. The second kappa shape index (κ2) is 13.1. The van der Waals surface area contributed by atoms with Crippen LogP contribution in [0.2, 0.25) is 5.02 Å². The lowest BCUT2D eigenvalue weighted by Gasteiger charge is -2.37. The minimum Gasteiger partial charge on any atom is -0.379 e. The zero-order valence-corrected chi connectivity index (χ0v) is 27.5. The second-order valence-corrected chi connectivity index (χ2v) is 13.6. The van der Waals surface area contributed by atoms with E-state index in [1.54, 1.807) is 0 Å². The molecule has 3 aliphatic rings. The first-order chi connectivity index (χ1) is 20.8. The molecule has 3 fully saturated rings. The lowest BCUT2D eigenvalue weighted by molar-refractivity contribution is 0.0369. The van der Waals surface area contributed by atoms with Crippen LogP contribution in [0.1, 0.15) is 61.4 Å². The van der Waals surface area contributed by atoms with Crippen molar-refractivity contribution in [3.05, 3.63) is 76.3 Å². The maximum Gasteiger partial charge on any atom is 0.174 e. The number of rotatable bonds is 8. The highest BCUT2D eigenvalue weighted by Crippen LogP contribution is 2.45. The van der Waals surface area contributed by atoms with E-state index in [0.29, 0.717) is 16.9 Å². The predicted octanol–water partition coefficient (Wildman–Crippen LogP) is 6.54. The molecule has 0 bridgehead atoms. The first-order valence-electron chi connectivity index (χ1n) is 15.8. The minimum absolute atomic E-state index is 0.0569. The number of ether oxygens (including phenoxy) is 1. The van der Waals surface area contributed by atoms with Crippen LogP contribution in [0.5, 0.6) is 0 Å². The summed E-state index contributed by atoms with van der Waals surface area (Å²) in [5.41, 5.74) is 6.91. The average Bonchev–Trinajstić information content (AvgIpc) is 3.48. The first-order valence-corrected chi connectivity index (χ1v) is 16.6. The Labute approximate surface area is 267 Å². The number of nitrogens with zero attached hydrogens (tertiary/aromatic N) is 5. The van der Waals surface area contributed by atoms with Gasteiger partial charge in [0.25, 0.3) is 0 Å². The SMILES string of the molecule is Cc1cc([C@H]2[C@@H](c3ccccn3)NC(=S)N2c2ccc(N3C[C@H](C)C[C@H](C)C3)c(Cl)c2)c(C)n1CCCN1CCOCC1. The number of hydrogen-bond donors (Lipinski definition) is 1. The molecule has 3 aromatic rings. The fraction of sp³-hybridized carbons (Fsp3) is 0.529. The smallest absolute Gasteiger partial charge is 0.174 e. The van der Waals surface area contributed by atoms with Crippen molar-refractivity contribution >= 4 is 40.3 Å². The standard InChI is InChI=1S/C34H45ClN6OS/c1-23-18-24(2)22-39(21-23)31-10-9-27(20-29(31)35)41-33(32(37-34(41)43)30-8-5-6-11-36-30)28-19-25(3)40(26(28)4)13-7-12-38-14-16-42-17-15-38/h5-6,8-11,19-20,23-24,32-33H,7,12-18,21-22H2,1-4H3,(H,37,43)/t23-,24+,32-,33+/m1/s1. The highest BCUT2D eigenvalue weighted by Gasteiger charge is 2.42. The number of benzene rings is 1. The fourth-order valence-electron chi connectivity index (χ4n) is 7.46. The Bertz CT molecular complexity index is 1410. The molecule has 3 saturated heterocycles. The molecule has 0 radical (unpaired) electrons. The van der Waals surface area contributed by atoms with Crippen molar-refractivity contribution in [3.8, 4) is 0 Å². The molecular weight excluding hydrogens is 576 g/mol. The molecule has 2 aromatic heterocycles. The Morgan fingerprint density at radius 3 is 2.49 bits per heavy atom. The highest BCUT2D eigenvalue weighted by atomic mass is 35.5. The number of aromatic nitrogens is 2. The molecule has 1 N–H and O–H groups in total. The number of thiocarbonyl (C=S) groups is 1. The lowest BCUT2D eigenvalue weighted by Crippen LogP contribution is -2.38. The van der Waals surface area contributed by atoms with Crippen LogP contribution in [0.3, 0.4) is 0 Å². The van der Waals surface area contributed by atoms with Gasteiger partial charge in [0.1, 0.15) is 0 Å². The van der Waals surface area contributed by atoms with Gasteiger partial charge in [-0.2, -0.15) is 0 Å². The number of hydrogen-bond acceptors (Lipinski definition) is 5. The number of aryl methyl sites for hydroxylation is 1. The van der Waals surface area contributed by atoms with E-state index < -0.39 is 0 Å². The van der Waals surface area contributed by atoms with Gasteiger partial charge < -0.3 is 24.4 Å². The molecule has 0 amide bonds. The zero-order chi connectivity index (χ0) is 30.1. The summed E-state index contributed by atoms with van der Waals surface area (Å²) < 4.78 is 8.01. The van der Waals surface area contributed by atoms with Gasteiger partial charge in [-0.3, -0.25) is 9.88 Å². The molecule has 43 heavy (non-hydrogen) atoms. The third kappa shape index (κ3) is 6.44. The van der Waals surface area contributed by atoms with E-state index in [-0.39, 0.29) is 12.1 Å². The predicted molar refractivity (Wildman–Crippen MR) is 180 cm³/mol. The van der Waals surface area contributed by atoms with E-state index in [0.717, 1.165) is 81.0 Å². The van der Waals surface area contributed by atoms with Crippen molar-refractivity contribution in [1.29, 1.82) is 0 Å². The van der Waals surface area contributed by atoms with Crippen LogP contribution in [0.4, 0.5) is 11.4 Å². The van der Waals surface area contributed by atoms with Gasteiger partial charge >= 0.3 is 0 Å². The molecule has 7 nitrogen and oxygen atoms in total. The van der Waals surface area contributed by atoms with Gasteiger partial charge in [-0.05, 0) is 92.7 Å². The van der Waals surface area contributed by atoms with Crippen LogP contribution >= 0.6 is 23.8 Å². The highest BCUT2D eigenvalue weighted by molar-refractivity contribution is 7.80. The number of anilines is 2. The summed E-state index contributed by atoms with van der Waals surface area (Å²) in [5, 5.41) is 5.10. The molecule has 9 heteroatoms. The van der Waals surface area contributed by atoms with Gasteiger partial charge in [-0.25, -0.2) is 0 Å². The molecule has 5 heterocycles. The molecule has 230 valence electrons. The van der Waals surface area contributed by atoms with E-state index in [1.807, 2.05) is 18.3 Å². The molecule has 0 spiro atoms. The van der Waals surface area contributed by atoms with Gasteiger partial charge in [0.2, 0.25) is 0 Å². The van der Waals surface area contributed by atoms with Gasteiger partial charge in [-0.15, -0.1) is 0 Å². The first kappa shape index (κ1) is 30.4. The van der Waals surface area contributed by atoms with E-state index >= 15 is 0 Å². The molecule has 3 aliphatic heterocycles. The second-order valence-electron chi connectivity index (χ2n) is 12.8. The maximum atomic E-state index is 7.05. The lowest BCUT2D eigenvalue weighted by atomic mass is 9.91. The normalized spacial score (nSPS) is 24.9. The van der Waals surface area contributed by atoms with Crippen LogP contribution in [0.25, 0.3) is 0 Å². The number of piperidine rings is 1. The summed E-state index contributed by atoms with van der Waals surface area (Å²) in [7, 11) is 0. The van der Waals surface area contributed by atoms with E-state index in [9.17, 15) is 0 Å². The Morgan fingerprint density at radius 1 is 1.02 bits per heavy atom. The maximum absolute atomic E-state index is 7.05. The van der Waals surface area contributed by atoms with Gasteiger partial charge in [-0.1, -0.05) is 31.5 Å². The van der Waals surface area contributed by atoms with E-state index in [4.69, 9.17) is 33.5 Å². The molecule has 0 unspecified atom stereocenters. The van der Waals surface area contributed by atoms with Crippen molar-refractivity contribution in [2.24, 2.45) is 11.8 Å². The average molecular weight is 621 g/mol. The van der Waals surface area contributed by atoms with Crippen molar-refractivity contribution in [1.82, 2.24) is 19.8 Å². The number of morpholine rings is 1. The summed E-state index contributed by atoms with van der Waals surface area (Å²) in [6.07, 6.45) is 4.23. The van der Waals surface area contributed by atoms with Gasteiger partial charge in [0.05, 0.1) is 41.7 Å². The monoisotopic (exact) mass is 620 g/mol. The molecule has 1 aromatic carbocycles. The van der Waals surface area contributed by atoms with Gasteiger partial charge in [0.15, 0.2) is 5.11 Å². The zero-order valence-electron chi connectivity index (χ0n) is 25.9. The van der Waals surface area contributed by atoms with Gasteiger partial charge in [0, 0.05) is 62.5 Å². The summed E-state index contributed by atoms with van der Waals surface area (Å²) in [6.45, 7) is 17.0. The summed E-state index contributed by atoms with van der Waals surface area (Å²) in [4.78, 5) is 12.0. The quantitative estimate of drug-likeness (QED) is 0.287. The molecule has 4 atom stereocenters. The molecule has 6 rings (SSSR count). The van der Waals surface area contributed by atoms with Crippen LogP contribution in [0.15, 0.2) is 48.7 Å². The third-order valence-corrected chi connectivity index (χ3v) is 10.0. The Morgan fingerprint density at radius 2 is 1.79 bits per heavy atom. The molecule has 0 aliphatic carbocycles. The molecular formula is C34H45ClN6OS. The van der Waals surface area contributed by atoms with Crippen molar-refractivity contribution < 1.29 is 4.74 Å². The molecule has 0 saturated carbocycles. The minimum atomic E-state index is -0.0850. The fourth-order valence-corrected chi connectivity index (χ4v) is 8.10. The number of pyridine rings is 1. The summed E-state index contributed by atoms with van der Waals surface area (Å²) in [5.74, 6) is 1.31. The Kier molecular flexibility index (Phi) is 9.29. The number of halogens is 1. The van der Waals surface area contributed by atoms with Crippen LogP contribution in [0, 0.1) is 25.7 Å². The Balaban J connectivity index is 1.31. The topological polar surface area (TPSA) is 48.8 Å². The van der Waals surface area contributed by atoms with E-state index in [1.165, 1.54) is 23.4 Å². The van der Waals surface area contributed by atoms with Crippen molar-refractivity contribution in [2.45, 2.75) is 59.2 Å². The van der Waals surface area contributed by atoms with Crippen molar-refractivity contribution in [2.75, 3.05) is 55.7 Å².